The summed E-state index contributed by atoms with van der Waals surface area (Å²) in [6.07, 6.45) is 0. The Bertz CT molecular complexity index is 665. The maximum absolute atomic E-state index is 12.4. The van der Waals surface area contributed by atoms with E-state index in [1.807, 2.05) is 18.2 Å². The zero-order valence-electron chi connectivity index (χ0n) is 11.6. The normalized spacial score (nSPS) is 14.8. The smallest absolute Gasteiger partial charge is 0.257 e. The summed E-state index contributed by atoms with van der Waals surface area (Å²) in [6.45, 7) is 4.27. The molecule has 1 saturated heterocycles. The third-order valence-electron chi connectivity index (χ3n) is 3.64. The average molecular weight is 306 g/mol. The van der Waals surface area contributed by atoms with Crippen LogP contribution in [0.4, 0.5) is 0 Å². The number of aryl methyl sites for hydroxylation is 1. The van der Waals surface area contributed by atoms with Crippen LogP contribution in [0.1, 0.15) is 16.1 Å². The number of nitrogens with zero attached hydrogens (tertiary/aromatic N) is 1. The van der Waals surface area contributed by atoms with Crippen molar-refractivity contribution < 1.29 is 9.32 Å². The minimum atomic E-state index is -0.171. The number of nitrogens with one attached hydrogen (secondary N) is 2. The van der Waals surface area contributed by atoms with Crippen molar-refractivity contribution in [1.82, 2.24) is 15.8 Å². The summed E-state index contributed by atoms with van der Waals surface area (Å²) in [5.41, 5.74) is 1.64. The molecule has 21 heavy (non-hydrogen) atoms. The molecular weight excluding hydrogens is 290 g/mol. The molecule has 1 amide bonds. The zero-order valence-corrected chi connectivity index (χ0v) is 12.4. The van der Waals surface area contributed by atoms with Gasteiger partial charge in [0.25, 0.3) is 5.91 Å². The van der Waals surface area contributed by atoms with Crippen molar-refractivity contribution in [2.45, 2.75) is 6.92 Å². The highest BCUT2D eigenvalue weighted by Crippen LogP contribution is 2.30. The lowest BCUT2D eigenvalue weighted by Gasteiger charge is -2.27. The first-order valence-corrected chi connectivity index (χ1v) is 7.24. The maximum Gasteiger partial charge on any atom is 0.257 e. The molecule has 0 bridgehead atoms. The first kappa shape index (κ1) is 14.1. The van der Waals surface area contributed by atoms with Gasteiger partial charge in [-0.1, -0.05) is 35.0 Å². The van der Waals surface area contributed by atoms with Crippen molar-refractivity contribution in [2.24, 2.45) is 5.92 Å². The number of carbonyl (C=O) groups excluding carboxylic acids is 1. The van der Waals surface area contributed by atoms with E-state index in [0.717, 1.165) is 13.1 Å². The van der Waals surface area contributed by atoms with Gasteiger partial charge in [-0.15, -0.1) is 0 Å². The summed E-state index contributed by atoms with van der Waals surface area (Å²) in [5.74, 6) is 0.822. The molecule has 110 valence electrons. The van der Waals surface area contributed by atoms with Crippen molar-refractivity contribution >= 4 is 17.5 Å². The van der Waals surface area contributed by atoms with E-state index >= 15 is 0 Å². The molecule has 2 N–H and O–H groups in total. The van der Waals surface area contributed by atoms with Crippen LogP contribution < -0.4 is 10.6 Å². The molecule has 1 fully saturated rings. The van der Waals surface area contributed by atoms with Gasteiger partial charge in [0, 0.05) is 31.1 Å². The molecule has 1 aromatic heterocycles. The van der Waals surface area contributed by atoms with Gasteiger partial charge in [-0.3, -0.25) is 4.79 Å². The van der Waals surface area contributed by atoms with E-state index in [1.54, 1.807) is 13.0 Å². The molecule has 0 radical (unpaired) electrons. The lowest BCUT2D eigenvalue weighted by atomic mass is 10.0. The van der Waals surface area contributed by atoms with E-state index in [1.165, 1.54) is 0 Å². The fourth-order valence-corrected chi connectivity index (χ4v) is 2.52. The van der Waals surface area contributed by atoms with Crippen molar-refractivity contribution in [3.8, 4) is 11.3 Å². The van der Waals surface area contributed by atoms with E-state index in [9.17, 15) is 4.79 Å². The lowest BCUT2D eigenvalue weighted by Crippen LogP contribution is -2.48. The number of carbonyl (C=O) groups is 1. The van der Waals surface area contributed by atoms with Crippen molar-refractivity contribution in [3.63, 3.8) is 0 Å². The molecule has 3 rings (SSSR count). The largest absolute Gasteiger partial charge is 0.360 e. The summed E-state index contributed by atoms with van der Waals surface area (Å²) >= 11 is 6.18. The van der Waals surface area contributed by atoms with E-state index in [0.29, 0.717) is 40.1 Å². The number of amides is 1. The van der Waals surface area contributed by atoms with E-state index in [2.05, 4.69) is 15.8 Å². The minimum absolute atomic E-state index is 0.171. The number of hydrogen-bond acceptors (Lipinski definition) is 4. The molecule has 5 nitrogen and oxygen atoms in total. The second-order valence-corrected chi connectivity index (χ2v) is 5.58. The molecule has 0 aliphatic carbocycles. The highest BCUT2D eigenvalue weighted by Gasteiger charge is 2.24. The molecule has 1 aliphatic rings. The highest BCUT2D eigenvalue weighted by atomic mass is 35.5. The lowest BCUT2D eigenvalue weighted by molar-refractivity contribution is 0.0941. The molecule has 2 aromatic rings. The first-order valence-electron chi connectivity index (χ1n) is 6.87. The van der Waals surface area contributed by atoms with Gasteiger partial charge in [-0.05, 0) is 13.0 Å². The first-order chi connectivity index (χ1) is 10.2. The molecule has 0 spiro atoms. The Balaban J connectivity index is 1.86. The Morgan fingerprint density at radius 3 is 2.90 bits per heavy atom. The van der Waals surface area contributed by atoms with E-state index in [4.69, 9.17) is 16.1 Å². The minimum Gasteiger partial charge on any atom is -0.360 e. The van der Waals surface area contributed by atoms with Crippen LogP contribution >= 0.6 is 11.6 Å². The fraction of sp³-hybridized carbons (Fsp3) is 0.333. The maximum atomic E-state index is 12.4. The molecule has 0 saturated carbocycles. The van der Waals surface area contributed by atoms with Crippen LogP contribution in [-0.2, 0) is 0 Å². The van der Waals surface area contributed by atoms with Gasteiger partial charge in [0.05, 0.1) is 5.02 Å². The number of aromatic nitrogens is 1. The second-order valence-electron chi connectivity index (χ2n) is 5.18. The fourth-order valence-electron chi connectivity index (χ4n) is 2.29. The number of benzene rings is 1. The van der Waals surface area contributed by atoms with Gasteiger partial charge in [0.15, 0.2) is 0 Å². The molecule has 6 heteroatoms. The second kappa shape index (κ2) is 5.87. The third kappa shape index (κ3) is 2.80. The quantitative estimate of drug-likeness (QED) is 0.909. The van der Waals surface area contributed by atoms with Crippen LogP contribution in [0.5, 0.6) is 0 Å². The van der Waals surface area contributed by atoms with Gasteiger partial charge in [0.1, 0.15) is 17.0 Å². The molecule has 1 aliphatic heterocycles. The van der Waals surface area contributed by atoms with Crippen LogP contribution in [0.15, 0.2) is 28.8 Å². The van der Waals surface area contributed by atoms with Crippen LogP contribution in [0, 0.1) is 12.8 Å². The van der Waals surface area contributed by atoms with Gasteiger partial charge in [-0.25, -0.2) is 0 Å². The van der Waals surface area contributed by atoms with Crippen LogP contribution in [-0.4, -0.2) is 30.7 Å². The van der Waals surface area contributed by atoms with Gasteiger partial charge < -0.3 is 15.2 Å². The summed E-state index contributed by atoms with van der Waals surface area (Å²) in [6, 6.07) is 7.28. The third-order valence-corrected chi connectivity index (χ3v) is 3.97. The molecule has 0 atom stereocenters. The number of halogens is 1. The monoisotopic (exact) mass is 305 g/mol. The predicted molar refractivity (Wildman–Crippen MR) is 80.4 cm³/mol. The van der Waals surface area contributed by atoms with E-state index in [-0.39, 0.29) is 5.91 Å². The summed E-state index contributed by atoms with van der Waals surface area (Å²) in [7, 11) is 0. The predicted octanol–water partition coefficient (Wildman–Crippen LogP) is 2.25. The molecular formula is C15H16ClN3O2. The Kier molecular flexibility index (Phi) is 3.94. The highest BCUT2D eigenvalue weighted by molar-refractivity contribution is 6.33. The van der Waals surface area contributed by atoms with Gasteiger partial charge in [-0.2, -0.15) is 0 Å². The Hall–Kier alpha value is -1.85. The molecule has 1 aromatic carbocycles. The zero-order chi connectivity index (χ0) is 14.8. The van der Waals surface area contributed by atoms with Gasteiger partial charge in [0.2, 0.25) is 0 Å². The molecule has 0 unspecified atom stereocenters. The Morgan fingerprint density at radius 2 is 2.24 bits per heavy atom. The van der Waals surface area contributed by atoms with Crippen LogP contribution in [0.25, 0.3) is 11.3 Å². The van der Waals surface area contributed by atoms with Crippen molar-refractivity contribution in [2.75, 3.05) is 19.6 Å². The SMILES string of the molecule is Cc1onc(-c2ccccc2Cl)c1C(=O)NCC1CNC1. The van der Waals surface area contributed by atoms with Gasteiger partial charge >= 0.3 is 0 Å². The van der Waals surface area contributed by atoms with E-state index < -0.39 is 0 Å². The van der Waals surface area contributed by atoms with Crippen LogP contribution in [0.2, 0.25) is 5.02 Å². The summed E-state index contributed by atoms with van der Waals surface area (Å²) in [5, 5.41) is 10.7. The Labute approximate surface area is 127 Å². The van der Waals surface area contributed by atoms with Crippen LogP contribution in [0.3, 0.4) is 0 Å². The Morgan fingerprint density at radius 1 is 1.48 bits per heavy atom. The standard InChI is InChI=1S/C15H16ClN3O2/c1-9-13(15(20)18-8-10-6-17-7-10)14(19-21-9)11-4-2-3-5-12(11)16/h2-5,10,17H,6-8H2,1H3,(H,18,20). The van der Waals surface area contributed by atoms with Crippen molar-refractivity contribution in [1.29, 1.82) is 0 Å². The number of rotatable bonds is 4. The number of hydrogen-bond donors (Lipinski definition) is 2. The summed E-state index contributed by atoms with van der Waals surface area (Å²) in [4.78, 5) is 12.4. The molecule has 2 heterocycles. The topological polar surface area (TPSA) is 67.2 Å². The summed E-state index contributed by atoms with van der Waals surface area (Å²) < 4.78 is 5.19. The average Bonchev–Trinajstić information content (AvgIpc) is 2.79. The van der Waals surface area contributed by atoms with Crippen molar-refractivity contribution in [3.05, 3.63) is 40.6 Å².